The zero-order valence-electron chi connectivity index (χ0n) is 13.3. The molecule has 0 aromatic carbocycles. The first-order valence-electron chi connectivity index (χ1n) is 7.15. The van der Waals surface area contributed by atoms with Crippen LogP contribution in [0.15, 0.2) is 11.5 Å². The van der Waals surface area contributed by atoms with Crippen LogP contribution in [0.5, 0.6) is 0 Å². The molecule has 1 atom stereocenters. The second kappa shape index (κ2) is 6.66. The van der Waals surface area contributed by atoms with Gasteiger partial charge in [-0.25, -0.2) is 0 Å². The molecule has 1 saturated heterocycles. The maximum Gasteiger partial charge on any atom is 0.233 e. The second-order valence-corrected chi connectivity index (χ2v) is 8.70. The molecule has 1 fully saturated rings. The number of nitrogens with zero attached hydrogens (tertiary/aromatic N) is 1. The zero-order chi connectivity index (χ0) is 16.5. The predicted octanol–water partition coefficient (Wildman–Crippen LogP) is 2.41. The van der Waals surface area contributed by atoms with Crippen LogP contribution in [-0.2, 0) is 19.1 Å². The fourth-order valence-corrected chi connectivity index (χ4v) is 3.98. The lowest BCUT2D eigenvalue weighted by molar-refractivity contribution is -0.145. The maximum absolute atomic E-state index is 12.1. The number of rotatable bonds is 5. The van der Waals surface area contributed by atoms with Crippen molar-refractivity contribution in [3.63, 3.8) is 0 Å². The average molecular weight is 343 g/mol. The highest BCUT2D eigenvalue weighted by molar-refractivity contribution is 8.13. The Morgan fingerprint density at radius 2 is 2.09 bits per heavy atom. The van der Waals surface area contributed by atoms with E-state index in [0.717, 1.165) is 11.3 Å². The molecule has 0 radical (unpaired) electrons. The molecule has 22 heavy (non-hydrogen) atoms. The zero-order valence-corrected chi connectivity index (χ0v) is 14.9. The first-order valence-corrected chi connectivity index (χ1v) is 9.18. The van der Waals surface area contributed by atoms with Gasteiger partial charge in [0.15, 0.2) is 16.8 Å². The van der Waals surface area contributed by atoms with Gasteiger partial charge in [-0.1, -0.05) is 32.5 Å². The standard InChI is InChI=1S/C15H21NO4S2/c1-9(17)21-7-10-8-22-13-5-12(19)16(13)14(10)20-6-11(18)15(2,3)4/h13H,5-8H2,1-4H3/t13-/m1/s1. The Morgan fingerprint density at radius 1 is 1.41 bits per heavy atom. The third kappa shape index (κ3) is 3.87. The molecule has 0 saturated carbocycles. The lowest BCUT2D eigenvalue weighted by Gasteiger charge is -2.44. The SMILES string of the molecule is CC(=O)SCC1=C(OCC(=O)C(C)(C)C)N2C(=O)C[C@H]2SC1. The first kappa shape index (κ1) is 17.4. The van der Waals surface area contributed by atoms with Gasteiger partial charge >= 0.3 is 0 Å². The minimum Gasteiger partial charge on any atom is -0.471 e. The number of amides is 1. The lowest BCUT2D eigenvalue weighted by Crippen LogP contribution is -2.53. The van der Waals surface area contributed by atoms with Gasteiger partial charge in [0.2, 0.25) is 5.91 Å². The average Bonchev–Trinajstić information content (AvgIpc) is 2.40. The van der Waals surface area contributed by atoms with E-state index in [1.54, 1.807) is 16.7 Å². The summed E-state index contributed by atoms with van der Waals surface area (Å²) in [4.78, 5) is 36.7. The number of β-lactam (4-membered cyclic amide) rings is 1. The van der Waals surface area contributed by atoms with Crippen LogP contribution in [0.2, 0.25) is 0 Å². The van der Waals surface area contributed by atoms with Crippen LogP contribution in [0.25, 0.3) is 0 Å². The quantitative estimate of drug-likeness (QED) is 0.714. The molecule has 5 nitrogen and oxygen atoms in total. The highest BCUT2D eigenvalue weighted by atomic mass is 32.2. The van der Waals surface area contributed by atoms with E-state index in [1.807, 2.05) is 20.8 Å². The second-order valence-electron chi connectivity index (χ2n) is 6.38. The van der Waals surface area contributed by atoms with Gasteiger partial charge in [0.05, 0.1) is 11.8 Å². The van der Waals surface area contributed by atoms with Crippen molar-refractivity contribution in [1.82, 2.24) is 4.90 Å². The molecule has 2 heterocycles. The predicted molar refractivity (Wildman–Crippen MR) is 88.3 cm³/mol. The summed E-state index contributed by atoms with van der Waals surface area (Å²) in [5, 5.41) is 0.137. The Balaban J connectivity index is 2.13. The van der Waals surface area contributed by atoms with Gasteiger partial charge in [0.25, 0.3) is 0 Å². The molecule has 2 aliphatic rings. The molecule has 7 heteroatoms. The van der Waals surface area contributed by atoms with E-state index in [0.29, 0.717) is 18.1 Å². The van der Waals surface area contributed by atoms with Crippen LogP contribution in [-0.4, -0.2) is 45.2 Å². The summed E-state index contributed by atoms with van der Waals surface area (Å²) in [7, 11) is 0. The molecular formula is C15H21NO4S2. The van der Waals surface area contributed by atoms with Crippen LogP contribution in [0.3, 0.4) is 0 Å². The summed E-state index contributed by atoms with van der Waals surface area (Å²) < 4.78 is 5.72. The summed E-state index contributed by atoms with van der Waals surface area (Å²) in [5.74, 6) is 1.72. The van der Waals surface area contributed by atoms with E-state index in [9.17, 15) is 14.4 Å². The number of hydrogen-bond acceptors (Lipinski definition) is 6. The van der Waals surface area contributed by atoms with E-state index < -0.39 is 5.41 Å². The van der Waals surface area contributed by atoms with Crippen molar-refractivity contribution < 1.29 is 19.1 Å². The molecule has 1 amide bonds. The number of carbonyl (C=O) groups excluding carboxylic acids is 3. The third-order valence-electron chi connectivity index (χ3n) is 3.50. The molecule has 0 spiro atoms. The van der Waals surface area contributed by atoms with Crippen molar-refractivity contribution in [3.05, 3.63) is 11.5 Å². The van der Waals surface area contributed by atoms with Crippen molar-refractivity contribution >= 4 is 40.3 Å². The monoisotopic (exact) mass is 343 g/mol. The molecule has 0 bridgehead atoms. The molecule has 0 N–H and O–H groups in total. The number of hydrogen-bond donors (Lipinski definition) is 0. The topological polar surface area (TPSA) is 63.7 Å². The highest BCUT2D eigenvalue weighted by Crippen LogP contribution is 2.41. The number of carbonyl (C=O) groups is 3. The van der Waals surface area contributed by atoms with Crippen molar-refractivity contribution in [2.24, 2.45) is 5.41 Å². The van der Waals surface area contributed by atoms with Gasteiger partial charge in [0.1, 0.15) is 6.61 Å². The van der Waals surface area contributed by atoms with Crippen molar-refractivity contribution in [2.75, 3.05) is 18.1 Å². The Hall–Kier alpha value is -0.950. The summed E-state index contributed by atoms with van der Waals surface area (Å²) in [6.45, 7) is 6.99. The van der Waals surface area contributed by atoms with Gasteiger partial charge in [-0.2, -0.15) is 0 Å². The Kier molecular flexibility index (Phi) is 5.27. The van der Waals surface area contributed by atoms with Gasteiger partial charge < -0.3 is 4.74 Å². The number of Topliss-reactive ketones (excluding diaryl/α,β-unsaturated/α-hetero) is 1. The van der Waals surface area contributed by atoms with Crippen LogP contribution in [0, 0.1) is 5.41 Å². The Bertz CT molecular complexity index is 536. The molecule has 0 aromatic rings. The third-order valence-corrected chi connectivity index (χ3v) is 5.68. The number of thioether (sulfide) groups is 2. The van der Waals surface area contributed by atoms with Crippen LogP contribution in [0.1, 0.15) is 34.1 Å². The highest BCUT2D eigenvalue weighted by Gasteiger charge is 2.44. The van der Waals surface area contributed by atoms with E-state index in [1.165, 1.54) is 18.7 Å². The molecule has 0 aliphatic carbocycles. The molecular weight excluding hydrogens is 322 g/mol. The van der Waals surface area contributed by atoms with Crippen LogP contribution in [0.4, 0.5) is 0 Å². The maximum atomic E-state index is 12.1. The van der Waals surface area contributed by atoms with E-state index in [-0.39, 0.29) is 28.8 Å². The molecule has 0 unspecified atom stereocenters. The largest absolute Gasteiger partial charge is 0.471 e. The number of ether oxygens (including phenoxy) is 1. The van der Waals surface area contributed by atoms with Gasteiger partial charge in [-0.3, -0.25) is 19.3 Å². The summed E-state index contributed by atoms with van der Waals surface area (Å²) in [6.07, 6.45) is 0.512. The molecule has 2 rings (SSSR count). The number of fused-ring (bicyclic) bond motifs is 1. The molecule has 122 valence electrons. The minimum atomic E-state index is -0.476. The molecule has 2 aliphatic heterocycles. The fraction of sp³-hybridized carbons (Fsp3) is 0.667. The van der Waals surface area contributed by atoms with Gasteiger partial charge in [-0.05, 0) is 0 Å². The van der Waals surface area contributed by atoms with E-state index in [4.69, 9.17) is 4.74 Å². The Morgan fingerprint density at radius 3 is 2.64 bits per heavy atom. The summed E-state index contributed by atoms with van der Waals surface area (Å²) in [5.41, 5.74) is 0.438. The van der Waals surface area contributed by atoms with Crippen molar-refractivity contribution in [2.45, 2.75) is 39.5 Å². The normalized spacial score (nSPS) is 21.4. The van der Waals surface area contributed by atoms with E-state index in [2.05, 4.69) is 0 Å². The summed E-state index contributed by atoms with van der Waals surface area (Å²) >= 11 is 2.87. The molecule has 0 aromatic heterocycles. The van der Waals surface area contributed by atoms with Crippen LogP contribution >= 0.6 is 23.5 Å². The number of ketones is 1. The van der Waals surface area contributed by atoms with Gasteiger partial charge in [0, 0.05) is 29.4 Å². The van der Waals surface area contributed by atoms with Crippen molar-refractivity contribution in [1.29, 1.82) is 0 Å². The van der Waals surface area contributed by atoms with Gasteiger partial charge in [-0.15, -0.1) is 11.8 Å². The Labute approximate surface area is 139 Å². The van der Waals surface area contributed by atoms with Crippen LogP contribution < -0.4 is 0 Å². The van der Waals surface area contributed by atoms with E-state index >= 15 is 0 Å². The lowest BCUT2D eigenvalue weighted by atomic mass is 9.91. The minimum absolute atomic E-state index is 0.0127. The fourth-order valence-electron chi connectivity index (χ4n) is 2.01. The first-order chi connectivity index (χ1) is 10.2. The summed E-state index contributed by atoms with van der Waals surface area (Å²) in [6, 6.07) is 0. The van der Waals surface area contributed by atoms with Crippen molar-refractivity contribution in [3.8, 4) is 0 Å². The smallest absolute Gasteiger partial charge is 0.233 e.